The van der Waals surface area contributed by atoms with Crippen LogP contribution in [0.5, 0.6) is 0 Å². The van der Waals surface area contributed by atoms with E-state index in [1.54, 1.807) is 29.2 Å². The summed E-state index contributed by atoms with van der Waals surface area (Å²) in [6, 6.07) is 6.97. The van der Waals surface area contributed by atoms with Gasteiger partial charge in [0.25, 0.3) is 0 Å². The second-order valence-electron chi connectivity index (χ2n) is 6.04. The van der Waals surface area contributed by atoms with Crippen LogP contribution in [0.2, 0.25) is 0 Å². The lowest BCUT2D eigenvalue weighted by molar-refractivity contribution is -0.132. The van der Waals surface area contributed by atoms with Gasteiger partial charge in [-0.1, -0.05) is 12.1 Å². The van der Waals surface area contributed by atoms with Gasteiger partial charge in [0.05, 0.1) is 17.7 Å². The van der Waals surface area contributed by atoms with Gasteiger partial charge >= 0.3 is 5.76 Å². The van der Waals surface area contributed by atoms with Crippen molar-refractivity contribution in [3.8, 4) is 0 Å². The molecule has 1 fully saturated rings. The molecule has 0 radical (unpaired) electrons. The van der Waals surface area contributed by atoms with Crippen LogP contribution in [-0.2, 0) is 11.3 Å². The highest BCUT2D eigenvalue weighted by atomic mass is 16.4. The number of hydrogen-bond acceptors (Lipinski definition) is 5. The van der Waals surface area contributed by atoms with E-state index in [0.717, 1.165) is 0 Å². The summed E-state index contributed by atoms with van der Waals surface area (Å²) in [6.07, 6.45) is 1.40. The van der Waals surface area contributed by atoms with Crippen LogP contribution in [0.15, 0.2) is 33.5 Å². The molecule has 7 heteroatoms. The highest BCUT2D eigenvalue weighted by Crippen LogP contribution is 2.22. The molecule has 124 valence electrons. The van der Waals surface area contributed by atoms with Crippen LogP contribution in [0.3, 0.4) is 0 Å². The Morgan fingerprint density at radius 3 is 2.83 bits per heavy atom. The molecule has 7 nitrogen and oxygen atoms in total. The molecule has 2 N–H and O–H groups in total. The van der Waals surface area contributed by atoms with Crippen LogP contribution in [0, 0.1) is 0 Å². The Kier molecular flexibility index (Phi) is 4.23. The molecule has 0 spiro atoms. The predicted octanol–water partition coefficient (Wildman–Crippen LogP) is 0.330. The fraction of sp³-hybridized carbons (Fsp3) is 0.500. The molecule has 0 saturated carbocycles. The minimum absolute atomic E-state index is 0.0899. The standard InChI is InChI=1S/C16H20N2O5/c19-11-16(22)6-3-8-17(9-7-16)14(20)10-18-12-4-1-2-5-13(12)23-15(18)21/h1-2,4-5,19,22H,3,6-11H2/t16-/m1/s1. The van der Waals surface area contributed by atoms with E-state index in [0.29, 0.717) is 43.5 Å². The lowest BCUT2D eigenvalue weighted by atomic mass is 9.96. The van der Waals surface area contributed by atoms with Crippen LogP contribution >= 0.6 is 0 Å². The fourth-order valence-corrected chi connectivity index (χ4v) is 2.99. The number of likely N-dealkylation sites (tertiary alicyclic amines) is 1. The maximum atomic E-state index is 12.5. The van der Waals surface area contributed by atoms with E-state index in [9.17, 15) is 19.8 Å². The molecular weight excluding hydrogens is 300 g/mol. The van der Waals surface area contributed by atoms with Gasteiger partial charge in [-0.25, -0.2) is 4.79 Å². The molecule has 1 amide bonds. The number of fused-ring (bicyclic) bond motifs is 1. The number of rotatable bonds is 3. The first kappa shape index (κ1) is 15.8. The smallest absolute Gasteiger partial charge is 0.408 e. The van der Waals surface area contributed by atoms with Gasteiger partial charge in [0.1, 0.15) is 6.54 Å². The highest BCUT2D eigenvalue weighted by molar-refractivity contribution is 5.79. The topological polar surface area (TPSA) is 95.9 Å². The number of oxazole rings is 1. The number of aromatic nitrogens is 1. The van der Waals surface area contributed by atoms with E-state index in [-0.39, 0.29) is 19.1 Å². The van der Waals surface area contributed by atoms with Gasteiger partial charge in [-0.2, -0.15) is 0 Å². The van der Waals surface area contributed by atoms with Crippen LogP contribution < -0.4 is 5.76 Å². The molecule has 2 aromatic rings. The van der Waals surface area contributed by atoms with Crippen LogP contribution in [0.1, 0.15) is 19.3 Å². The third-order valence-corrected chi connectivity index (χ3v) is 4.43. The Labute approximate surface area is 132 Å². The number of carbonyl (C=O) groups is 1. The summed E-state index contributed by atoms with van der Waals surface area (Å²) in [5, 5.41) is 19.4. The Bertz CT molecular complexity index is 765. The fourth-order valence-electron chi connectivity index (χ4n) is 2.99. The minimum atomic E-state index is -1.12. The molecule has 3 rings (SSSR count). The van der Waals surface area contributed by atoms with Gasteiger partial charge in [0.15, 0.2) is 5.58 Å². The molecule has 2 heterocycles. The first-order valence-corrected chi connectivity index (χ1v) is 7.72. The average Bonchev–Trinajstić information content (AvgIpc) is 2.73. The largest absolute Gasteiger partial charge is 0.420 e. The Balaban J connectivity index is 1.76. The Morgan fingerprint density at radius 1 is 1.26 bits per heavy atom. The van der Waals surface area contributed by atoms with E-state index in [2.05, 4.69) is 0 Å². The monoisotopic (exact) mass is 320 g/mol. The molecule has 0 bridgehead atoms. The van der Waals surface area contributed by atoms with E-state index >= 15 is 0 Å². The number of nitrogens with zero attached hydrogens (tertiary/aromatic N) is 2. The number of hydrogen-bond donors (Lipinski definition) is 2. The van der Waals surface area contributed by atoms with Gasteiger partial charge in [0.2, 0.25) is 5.91 Å². The van der Waals surface area contributed by atoms with Crippen molar-refractivity contribution in [2.45, 2.75) is 31.4 Å². The molecule has 1 atom stereocenters. The van der Waals surface area contributed by atoms with Crippen LogP contribution in [0.25, 0.3) is 11.1 Å². The zero-order valence-electron chi connectivity index (χ0n) is 12.8. The summed E-state index contributed by atoms with van der Waals surface area (Å²) in [6.45, 7) is 0.473. The van der Waals surface area contributed by atoms with Gasteiger partial charge in [-0.3, -0.25) is 9.36 Å². The molecule has 1 saturated heterocycles. The van der Waals surface area contributed by atoms with E-state index in [4.69, 9.17) is 4.42 Å². The Hall–Kier alpha value is -2.12. The maximum absolute atomic E-state index is 12.5. The van der Waals surface area contributed by atoms with Crippen molar-refractivity contribution in [2.75, 3.05) is 19.7 Å². The highest BCUT2D eigenvalue weighted by Gasteiger charge is 2.31. The number of carbonyl (C=O) groups excluding carboxylic acids is 1. The molecule has 1 aromatic heterocycles. The molecule has 0 unspecified atom stereocenters. The van der Waals surface area contributed by atoms with Gasteiger partial charge in [0, 0.05) is 13.1 Å². The third kappa shape index (κ3) is 3.16. The number of benzene rings is 1. The Morgan fingerprint density at radius 2 is 2.04 bits per heavy atom. The quantitative estimate of drug-likeness (QED) is 0.850. The summed E-state index contributed by atoms with van der Waals surface area (Å²) in [7, 11) is 0. The van der Waals surface area contributed by atoms with Gasteiger partial charge in [-0.05, 0) is 31.4 Å². The maximum Gasteiger partial charge on any atom is 0.420 e. The molecule has 0 aliphatic carbocycles. The minimum Gasteiger partial charge on any atom is -0.408 e. The van der Waals surface area contributed by atoms with E-state index in [1.807, 2.05) is 0 Å². The van der Waals surface area contributed by atoms with Crippen molar-refractivity contribution in [3.63, 3.8) is 0 Å². The number of para-hydroxylation sites is 2. The zero-order valence-corrected chi connectivity index (χ0v) is 12.8. The SMILES string of the molecule is O=C(Cn1c(=O)oc2ccccc21)N1CCC[C@](O)(CO)CC1. The van der Waals surface area contributed by atoms with Crippen molar-refractivity contribution in [1.29, 1.82) is 0 Å². The number of aliphatic hydroxyl groups excluding tert-OH is 1. The lowest BCUT2D eigenvalue weighted by Gasteiger charge is -2.24. The molecular formula is C16H20N2O5. The van der Waals surface area contributed by atoms with Crippen molar-refractivity contribution in [3.05, 3.63) is 34.8 Å². The average molecular weight is 320 g/mol. The number of aliphatic hydroxyl groups is 2. The second kappa shape index (κ2) is 6.17. The first-order chi connectivity index (χ1) is 11.0. The predicted molar refractivity (Wildman–Crippen MR) is 82.9 cm³/mol. The van der Waals surface area contributed by atoms with Crippen molar-refractivity contribution in [2.24, 2.45) is 0 Å². The van der Waals surface area contributed by atoms with Crippen molar-refractivity contribution in [1.82, 2.24) is 9.47 Å². The summed E-state index contributed by atoms with van der Waals surface area (Å²) >= 11 is 0. The summed E-state index contributed by atoms with van der Waals surface area (Å²) in [5.74, 6) is -0.748. The second-order valence-corrected chi connectivity index (χ2v) is 6.04. The summed E-state index contributed by atoms with van der Waals surface area (Å²) in [4.78, 5) is 26.0. The van der Waals surface area contributed by atoms with Crippen molar-refractivity contribution < 1.29 is 19.4 Å². The molecule has 1 aromatic carbocycles. The summed E-state index contributed by atoms with van der Waals surface area (Å²) < 4.78 is 6.45. The number of amides is 1. The molecule has 1 aliphatic heterocycles. The first-order valence-electron chi connectivity index (χ1n) is 7.72. The zero-order chi connectivity index (χ0) is 16.4. The van der Waals surface area contributed by atoms with E-state index in [1.165, 1.54) is 4.57 Å². The normalized spacial score (nSPS) is 22.3. The van der Waals surface area contributed by atoms with Gasteiger partial charge in [-0.15, -0.1) is 0 Å². The lowest BCUT2D eigenvalue weighted by Crippen LogP contribution is -2.38. The van der Waals surface area contributed by atoms with Crippen LogP contribution in [-0.4, -0.2) is 50.9 Å². The molecule has 1 aliphatic rings. The summed E-state index contributed by atoms with van der Waals surface area (Å²) in [5.41, 5.74) is -0.0721. The van der Waals surface area contributed by atoms with Gasteiger partial charge < -0.3 is 19.5 Å². The van der Waals surface area contributed by atoms with Crippen LogP contribution in [0.4, 0.5) is 0 Å². The third-order valence-electron chi connectivity index (χ3n) is 4.43. The van der Waals surface area contributed by atoms with E-state index < -0.39 is 11.4 Å². The van der Waals surface area contributed by atoms with Crippen molar-refractivity contribution >= 4 is 17.0 Å². The molecule has 23 heavy (non-hydrogen) atoms.